The molecule has 1 aliphatic carbocycles. The van der Waals surface area contributed by atoms with Gasteiger partial charge in [-0.2, -0.15) is 0 Å². The van der Waals surface area contributed by atoms with Gasteiger partial charge >= 0.3 is 0 Å². The van der Waals surface area contributed by atoms with Crippen LogP contribution in [0.3, 0.4) is 0 Å². The molecule has 1 heteroatoms. The quantitative estimate of drug-likeness (QED) is 0.729. The van der Waals surface area contributed by atoms with Crippen molar-refractivity contribution in [2.45, 2.75) is 38.5 Å². The fourth-order valence-corrected chi connectivity index (χ4v) is 2.95. The first-order valence-corrected chi connectivity index (χ1v) is 5.80. The van der Waals surface area contributed by atoms with Gasteiger partial charge in [0.1, 0.15) is 0 Å². The van der Waals surface area contributed by atoms with E-state index >= 15 is 0 Å². The maximum Gasteiger partial charge on any atom is 0.0210 e. The Balaban J connectivity index is 2.45. The second-order valence-corrected chi connectivity index (χ2v) is 4.78. The van der Waals surface area contributed by atoms with Crippen LogP contribution in [0, 0.1) is 0 Å². The van der Waals surface area contributed by atoms with E-state index < -0.39 is 0 Å². The third-order valence-electron chi connectivity index (χ3n) is 3.56. The first-order chi connectivity index (χ1) is 6.23. The van der Waals surface area contributed by atoms with Crippen molar-refractivity contribution in [3.8, 4) is 0 Å². The van der Waals surface area contributed by atoms with E-state index in [4.69, 9.17) is 0 Å². The van der Waals surface area contributed by atoms with Gasteiger partial charge in [0.15, 0.2) is 0 Å². The Labute approximate surface area is 88.5 Å². The molecule has 0 unspecified atom stereocenters. The zero-order chi connectivity index (χ0) is 9.47. The molecule has 0 nitrogen and oxygen atoms in total. The highest BCUT2D eigenvalue weighted by molar-refractivity contribution is 9.10. The van der Waals surface area contributed by atoms with Crippen molar-refractivity contribution < 1.29 is 0 Å². The molecule has 0 spiro atoms. The lowest BCUT2D eigenvalue weighted by atomic mass is 9.61. The number of fused-ring (bicyclic) bond motifs is 1. The molecule has 13 heavy (non-hydrogen) atoms. The van der Waals surface area contributed by atoms with E-state index in [1.54, 1.807) is 5.56 Å². The van der Waals surface area contributed by atoms with E-state index in [0.29, 0.717) is 5.41 Å². The summed E-state index contributed by atoms with van der Waals surface area (Å²) in [5.74, 6) is 0. The summed E-state index contributed by atoms with van der Waals surface area (Å²) in [6, 6.07) is 6.59. The fraction of sp³-hybridized carbons (Fsp3) is 0.500. The summed E-state index contributed by atoms with van der Waals surface area (Å²) >= 11 is 3.61. The number of rotatable bonds is 2. The second kappa shape index (κ2) is 3.13. The smallest absolute Gasteiger partial charge is 0.0210 e. The van der Waals surface area contributed by atoms with Crippen molar-refractivity contribution in [3.05, 3.63) is 33.8 Å². The van der Waals surface area contributed by atoms with Gasteiger partial charge in [0.05, 0.1) is 0 Å². The maximum absolute atomic E-state index is 3.61. The summed E-state index contributed by atoms with van der Waals surface area (Å²) in [6.45, 7) is 4.60. The molecule has 0 fully saturated rings. The molecule has 0 aliphatic heterocycles. The van der Waals surface area contributed by atoms with Crippen LogP contribution >= 0.6 is 15.9 Å². The number of benzene rings is 1. The molecule has 0 saturated heterocycles. The summed E-state index contributed by atoms with van der Waals surface area (Å²) < 4.78 is 1.29. The Bertz CT molecular complexity index is 324. The van der Waals surface area contributed by atoms with Crippen molar-refractivity contribution in [1.29, 1.82) is 0 Å². The number of halogens is 1. The van der Waals surface area contributed by atoms with E-state index in [9.17, 15) is 0 Å². The number of hydrogen-bond donors (Lipinski definition) is 0. The van der Waals surface area contributed by atoms with E-state index in [1.165, 1.54) is 29.3 Å². The lowest BCUT2D eigenvalue weighted by molar-refractivity contribution is 0.341. The van der Waals surface area contributed by atoms with Crippen LogP contribution in [0.25, 0.3) is 0 Å². The summed E-state index contributed by atoms with van der Waals surface area (Å²) in [5.41, 5.74) is 3.61. The van der Waals surface area contributed by atoms with Crippen LogP contribution in [0.2, 0.25) is 0 Å². The molecular formula is C12H15Br. The minimum absolute atomic E-state index is 0.499. The third-order valence-corrected chi connectivity index (χ3v) is 4.30. The van der Waals surface area contributed by atoms with Gasteiger partial charge in [0.2, 0.25) is 0 Å². The highest BCUT2D eigenvalue weighted by Gasteiger charge is 2.40. The molecule has 0 saturated carbocycles. The van der Waals surface area contributed by atoms with Crippen LogP contribution in [0.4, 0.5) is 0 Å². The average molecular weight is 239 g/mol. The first-order valence-electron chi connectivity index (χ1n) is 5.01. The molecule has 0 radical (unpaired) electrons. The fourth-order valence-electron chi connectivity index (χ4n) is 2.44. The molecule has 0 aromatic heterocycles. The zero-order valence-electron chi connectivity index (χ0n) is 8.23. The van der Waals surface area contributed by atoms with Crippen LogP contribution < -0.4 is 0 Å². The Kier molecular flexibility index (Phi) is 2.23. The molecule has 0 atom stereocenters. The molecule has 1 aromatic carbocycles. The van der Waals surface area contributed by atoms with Crippen LogP contribution in [-0.4, -0.2) is 0 Å². The third kappa shape index (κ3) is 1.17. The standard InChI is InChI=1S/C12H15Br/c1-3-12(4-2)8-9-10(12)6-5-7-11(9)13/h5-7H,3-4,8H2,1-2H3. The summed E-state index contributed by atoms with van der Waals surface area (Å²) in [5, 5.41) is 0. The topological polar surface area (TPSA) is 0 Å². The molecule has 1 aliphatic rings. The van der Waals surface area contributed by atoms with Crippen LogP contribution in [0.15, 0.2) is 22.7 Å². The monoisotopic (exact) mass is 238 g/mol. The molecular weight excluding hydrogens is 224 g/mol. The lowest BCUT2D eigenvalue weighted by Gasteiger charge is -2.44. The summed E-state index contributed by atoms with van der Waals surface area (Å²) in [7, 11) is 0. The van der Waals surface area contributed by atoms with Crippen LogP contribution in [-0.2, 0) is 11.8 Å². The minimum atomic E-state index is 0.499. The predicted molar refractivity (Wildman–Crippen MR) is 60.1 cm³/mol. The second-order valence-electron chi connectivity index (χ2n) is 3.93. The Morgan fingerprint density at radius 1 is 1.31 bits per heavy atom. The molecule has 0 heterocycles. The van der Waals surface area contributed by atoms with Gasteiger partial charge in [-0.15, -0.1) is 0 Å². The normalized spacial score (nSPS) is 17.8. The Hall–Kier alpha value is -0.300. The van der Waals surface area contributed by atoms with Gasteiger partial charge < -0.3 is 0 Å². The van der Waals surface area contributed by atoms with Gasteiger partial charge in [-0.1, -0.05) is 41.9 Å². The first kappa shape index (κ1) is 9.26. The van der Waals surface area contributed by atoms with Gasteiger partial charge in [-0.05, 0) is 41.9 Å². The van der Waals surface area contributed by atoms with Crippen molar-refractivity contribution in [2.24, 2.45) is 0 Å². The molecule has 0 amide bonds. The SMILES string of the molecule is CCC1(CC)Cc2c(Br)cccc21. The molecule has 2 rings (SSSR count). The van der Waals surface area contributed by atoms with Gasteiger partial charge in [-0.25, -0.2) is 0 Å². The van der Waals surface area contributed by atoms with Gasteiger partial charge in [0, 0.05) is 4.47 Å². The van der Waals surface area contributed by atoms with Crippen molar-refractivity contribution >= 4 is 15.9 Å². The van der Waals surface area contributed by atoms with E-state index in [0.717, 1.165) is 0 Å². The van der Waals surface area contributed by atoms with Crippen molar-refractivity contribution in [1.82, 2.24) is 0 Å². The molecule has 70 valence electrons. The predicted octanol–water partition coefficient (Wildman–Crippen LogP) is 4.06. The van der Waals surface area contributed by atoms with E-state index in [-0.39, 0.29) is 0 Å². The highest BCUT2D eigenvalue weighted by Crippen LogP contribution is 2.48. The average Bonchev–Trinajstić information content (AvgIpc) is 2.11. The van der Waals surface area contributed by atoms with Gasteiger partial charge in [0.25, 0.3) is 0 Å². The van der Waals surface area contributed by atoms with Gasteiger partial charge in [-0.3, -0.25) is 0 Å². The van der Waals surface area contributed by atoms with Crippen LogP contribution in [0.5, 0.6) is 0 Å². The Morgan fingerprint density at radius 3 is 2.62 bits per heavy atom. The number of hydrogen-bond acceptors (Lipinski definition) is 0. The maximum atomic E-state index is 3.61. The minimum Gasteiger partial charge on any atom is -0.0645 e. The molecule has 0 N–H and O–H groups in total. The summed E-state index contributed by atoms with van der Waals surface area (Å²) in [6.07, 6.45) is 3.80. The van der Waals surface area contributed by atoms with Crippen molar-refractivity contribution in [2.75, 3.05) is 0 Å². The lowest BCUT2D eigenvalue weighted by Crippen LogP contribution is -2.37. The molecule has 1 aromatic rings. The van der Waals surface area contributed by atoms with Crippen LogP contribution in [0.1, 0.15) is 37.8 Å². The molecule has 0 bridgehead atoms. The van der Waals surface area contributed by atoms with Crippen molar-refractivity contribution in [3.63, 3.8) is 0 Å². The largest absolute Gasteiger partial charge is 0.0645 e. The summed E-state index contributed by atoms with van der Waals surface area (Å²) in [4.78, 5) is 0. The van der Waals surface area contributed by atoms with E-state index in [2.05, 4.69) is 48.0 Å². The Morgan fingerprint density at radius 2 is 2.00 bits per heavy atom. The zero-order valence-corrected chi connectivity index (χ0v) is 9.82. The highest BCUT2D eigenvalue weighted by atomic mass is 79.9. The van der Waals surface area contributed by atoms with E-state index in [1.807, 2.05) is 0 Å².